The van der Waals surface area contributed by atoms with Gasteiger partial charge in [-0.3, -0.25) is 4.79 Å². The van der Waals surface area contributed by atoms with Crippen LogP contribution < -0.4 is 0 Å². The standard InChI is InChI=1S/C8H5F2IN2O4/c9-7(10)6-3(2-5(14)15)1-4(13(16)17)12-8(6)11/h1,7H,2H2,(H,14,15). The molecule has 9 heteroatoms. The summed E-state index contributed by atoms with van der Waals surface area (Å²) in [6, 6.07) is 0.762. The van der Waals surface area contributed by atoms with Crippen LogP contribution in [-0.4, -0.2) is 21.0 Å². The molecule has 1 aromatic heterocycles. The number of nitrogens with zero attached hydrogens (tertiary/aromatic N) is 2. The van der Waals surface area contributed by atoms with Crippen LogP contribution in [0.25, 0.3) is 0 Å². The van der Waals surface area contributed by atoms with Crippen molar-refractivity contribution in [3.8, 4) is 0 Å². The highest BCUT2D eigenvalue weighted by Gasteiger charge is 2.26. The SMILES string of the molecule is O=C(O)Cc1cc([N+](=O)[O-])nc(I)c1C(F)F. The second kappa shape index (κ2) is 5.29. The van der Waals surface area contributed by atoms with E-state index in [1.807, 2.05) is 0 Å². The lowest BCUT2D eigenvalue weighted by Crippen LogP contribution is -2.08. The van der Waals surface area contributed by atoms with E-state index >= 15 is 0 Å². The summed E-state index contributed by atoms with van der Waals surface area (Å²) in [5.74, 6) is -1.99. The number of carboxylic acids is 1. The first kappa shape index (κ1) is 13.7. The van der Waals surface area contributed by atoms with E-state index in [9.17, 15) is 23.7 Å². The fraction of sp³-hybridized carbons (Fsp3) is 0.250. The molecule has 0 radical (unpaired) electrons. The monoisotopic (exact) mass is 358 g/mol. The van der Waals surface area contributed by atoms with E-state index in [0.717, 1.165) is 6.07 Å². The summed E-state index contributed by atoms with van der Waals surface area (Å²) in [4.78, 5) is 23.5. The van der Waals surface area contributed by atoms with Crippen LogP contribution in [0.2, 0.25) is 0 Å². The minimum Gasteiger partial charge on any atom is -0.481 e. The predicted molar refractivity (Wildman–Crippen MR) is 59.9 cm³/mol. The number of nitro groups is 1. The van der Waals surface area contributed by atoms with Gasteiger partial charge in [-0.25, -0.2) is 8.78 Å². The number of hydrogen-bond acceptors (Lipinski definition) is 4. The molecule has 92 valence electrons. The molecule has 1 heterocycles. The first-order valence-electron chi connectivity index (χ1n) is 4.16. The molecular formula is C8H5F2IN2O4. The average molecular weight is 358 g/mol. The van der Waals surface area contributed by atoms with Crippen molar-refractivity contribution in [2.75, 3.05) is 0 Å². The summed E-state index contributed by atoms with van der Waals surface area (Å²) in [5.41, 5.74) is -0.864. The highest BCUT2D eigenvalue weighted by molar-refractivity contribution is 14.1. The van der Waals surface area contributed by atoms with Crippen molar-refractivity contribution >= 4 is 34.4 Å². The van der Waals surface area contributed by atoms with Gasteiger partial charge in [0.1, 0.15) is 0 Å². The third-order valence-electron chi connectivity index (χ3n) is 1.83. The van der Waals surface area contributed by atoms with E-state index in [1.165, 1.54) is 22.6 Å². The van der Waals surface area contributed by atoms with E-state index in [2.05, 4.69) is 4.98 Å². The Bertz CT molecular complexity index is 481. The maximum absolute atomic E-state index is 12.7. The highest BCUT2D eigenvalue weighted by atomic mass is 127. The molecule has 0 aliphatic heterocycles. The molecule has 0 aliphatic carbocycles. The van der Waals surface area contributed by atoms with Crippen LogP contribution in [-0.2, 0) is 11.2 Å². The van der Waals surface area contributed by atoms with Crippen molar-refractivity contribution in [2.45, 2.75) is 12.8 Å². The fourth-order valence-electron chi connectivity index (χ4n) is 1.19. The lowest BCUT2D eigenvalue weighted by Gasteiger charge is -2.06. The Hall–Kier alpha value is -1.39. The Morgan fingerprint density at radius 2 is 2.24 bits per heavy atom. The molecule has 0 saturated heterocycles. The predicted octanol–water partition coefficient (Wildman–Crippen LogP) is 2.16. The molecule has 0 fully saturated rings. The lowest BCUT2D eigenvalue weighted by atomic mass is 10.1. The number of carbonyl (C=O) groups is 1. The third-order valence-corrected chi connectivity index (χ3v) is 2.65. The van der Waals surface area contributed by atoms with Crippen LogP contribution in [0.4, 0.5) is 14.6 Å². The molecule has 1 rings (SSSR count). The topological polar surface area (TPSA) is 93.3 Å². The number of alkyl halides is 2. The van der Waals surface area contributed by atoms with Crippen molar-refractivity contribution < 1.29 is 23.6 Å². The largest absolute Gasteiger partial charge is 0.481 e. The van der Waals surface area contributed by atoms with Crippen LogP contribution in [0, 0.1) is 13.8 Å². The molecule has 0 atom stereocenters. The Morgan fingerprint density at radius 3 is 2.65 bits per heavy atom. The Labute approximate surface area is 107 Å². The van der Waals surface area contributed by atoms with Crippen molar-refractivity contribution in [1.29, 1.82) is 0 Å². The number of aromatic nitrogens is 1. The zero-order valence-corrected chi connectivity index (χ0v) is 10.2. The first-order chi connectivity index (χ1) is 7.82. The summed E-state index contributed by atoms with van der Waals surface area (Å²) >= 11 is 1.42. The van der Waals surface area contributed by atoms with Gasteiger partial charge < -0.3 is 15.2 Å². The summed E-state index contributed by atoms with van der Waals surface area (Å²) in [7, 11) is 0. The molecule has 0 bridgehead atoms. The molecule has 1 aromatic rings. The zero-order chi connectivity index (χ0) is 13.2. The molecule has 0 aromatic carbocycles. The number of rotatable bonds is 4. The van der Waals surface area contributed by atoms with Crippen molar-refractivity contribution in [2.24, 2.45) is 0 Å². The Morgan fingerprint density at radius 1 is 1.65 bits per heavy atom. The summed E-state index contributed by atoms with van der Waals surface area (Å²) in [5, 5.41) is 19.0. The smallest absolute Gasteiger partial charge is 0.364 e. The van der Waals surface area contributed by atoms with E-state index in [1.54, 1.807) is 0 Å². The second-order valence-corrected chi connectivity index (χ2v) is 3.99. The number of halogens is 3. The molecule has 1 N–H and O–H groups in total. The molecule has 0 unspecified atom stereocenters. The van der Waals surface area contributed by atoms with Crippen molar-refractivity contribution in [1.82, 2.24) is 4.98 Å². The first-order valence-corrected chi connectivity index (χ1v) is 5.24. The van der Waals surface area contributed by atoms with Gasteiger partial charge in [-0.05, 0) is 15.5 Å². The van der Waals surface area contributed by atoms with Gasteiger partial charge in [0.15, 0.2) is 0 Å². The van der Waals surface area contributed by atoms with Crippen LogP contribution in [0.5, 0.6) is 0 Å². The van der Waals surface area contributed by atoms with Crippen LogP contribution in [0.1, 0.15) is 17.6 Å². The zero-order valence-electron chi connectivity index (χ0n) is 8.06. The van der Waals surface area contributed by atoms with Gasteiger partial charge in [0.25, 0.3) is 6.43 Å². The number of pyridine rings is 1. The minimum atomic E-state index is -2.93. The molecule has 17 heavy (non-hydrogen) atoms. The van der Waals surface area contributed by atoms with Gasteiger partial charge in [0.2, 0.25) is 3.70 Å². The van der Waals surface area contributed by atoms with Crippen molar-refractivity contribution in [3.63, 3.8) is 0 Å². The molecule has 0 saturated carbocycles. The highest BCUT2D eigenvalue weighted by Crippen LogP contribution is 2.29. The van der Waals surface area contributed by atoms with Crippen LogP contribution in [0.15, 0.2) is 6.07 Å². The van der Waals surface area contributed by atoms with Gasteiger partial charge in [-0.15, -0.1) is 0 Å². The molecule has 0 aliphatic rings. The van der Waals surface area contributed by atoms with E-state index in [-0.39, 0.29) is 9.26 Å². The van der Waals surface area contributed by atoms with E-state index in [4.69, 9.17) is 5.11 Å². The number of carboxylic acid groups (broad SMARTS) is 1. The van der Waals surface area contributed by atoms with Crippen LogP contribution >= 0.6 is 22.6 Å². The average Bonchev–Trinajstić information content (AvgIpc) is 2.14. The molecule has 6 nitrogen and oxygen atoms in total. The maximum Gasteiger partial charge on any atom is 0.364 e. The normalized spacial score (nSPS) is 10.6. The van der Waals surface area contributed by atoms with Gasteiger partial charge in [0, 0.05) is 28.7 Å². The summed E-state index contributed by atoms with van der Waals surface area (Å²) in [6.07, 6.45) is -3.64. The van der Waals surface area contributed by atoms with E-state index in [0.29, 0.717) is 0 Å². The van der Waals surface area contributed by atoms with Gasteiger partial charge in [-0.1, -0.05) is 0 Å². The summed E-state index contributed by atoms with van der Waals surface area (Å²) < 4.78 is 25.1. The minimum absolute atomic E-state index is 0.261. The Balaban J connectivity index is 3.38. The van der Waals surface area contributed by atoms with E-state index < -0.39 is 35.1 Å². The second-order valence-electron chi connectivity index (χ2n) is 2.97. The Kier molecular flexibility index (Phi) is 4.26. The van der Waals surface area contributed by atoms with Gasteiger partial charge in [-0.2, -0.15) is 0 Å². The molecule has 0 amide bonds. The maximum atomic E-state index is 12.7. The lowest BCUT2D eigenvalue weighted by molar-refractivity contribution is -0.389. The third kappa shape index (κ3) is 3.28. The van der Waals surface area contributed by atoms with Crippen molar-refractivity contribution in [3.05, 3.63) is 31.0 Å². The fourth-order valence-corrected chi connectivity index (χ4v) is 2.02. The van der Waals surface area contributed by atoms with Gasteiger partial charge in [0.05, 0.1) is 12.0 Å². The molecular weight excluding hydrogens is 353 g/mol. The number of hydrogen-bond donors (Lipinski definition) is 1. The van der Waals surface area contributed by atoms with Crippen LogP contribution in [0.3, 0.4) is 0 Å². The quantitative estimate of drug-likeness (QED) is 0.385. The molecule has 0 spiro atoms. The summed E-state index contributed by atoms with van der Waals surface area (Å²) in [6.45, 7) is 0. The number of aliphatic carboxylic acids is 1. The van der Waals surface area contributed by atoms with Gasteiger partial charge >= 0.3 is 11.8 Å².